The van der Waals surface area contributed by atoms with E-state index in [1.165, 1.54) is 0 Å². The largest absolute Gasteiger partial charge is 0.493 e. The lowest BCUT2D eigenvalue weighted by molar-refractivity contribution is 0.0697. The zero-order chi connectivity index (χ0) is 28.6. The van der Waals surface area contributed by atoms with E-state index in [1.807, 2.05) is 95.6 Å². The summed E-state index contributed by atoms with van der Waals surface area (Å²) >= 11 is 7.07. The van der Waals surface area contributed by atoms with Gasteiger partial charge in [-0.05, 0) is 65.7 Å². The normalized spacial score (nSPS) is 11.2. The van der Waals surface area contributed by atoms with Crippen LogP contribution in [-0.4, -0.2) is 31.6 Å². The summed E-state index contributed by atoms with van der Waals surface area (Å²) in [5.74, 6) is -0.0968. The monoisotopic (exact) mass is 580 g/mol. The van der Waals surface area contributed by atoms with Crippen molar-refractivity contribution >= 4 is 51.7 Å². The van der Waals surface area contributed by atoms with Gasteiger partial charge in [-0.1, -0.05) is 72.8 Å². The molecule has 41 heavy (non-hydrogen) atoms. The van der Waals surface area contributed by atoms with Gasteiger partial charge in [-0.3, -0.25) is 0 Å². The molecule has 7 nitrogen and oxygen atoms in total. The number of carbonyl (C=O) groups is 1. The average molecular weight is 581 g/mol. The lowest BCUT2D eigenvalue weighted by Crippen LogP contribution is -2.18. The van der Waals surface area contributed by atoms with Crippen LogP contribution >= 0.6 is 24.0 Å². The van der Waals surface area contributed by atoms with Crippen LogP contribution in [0, 0.1) is 0 Å². The molecule has 3 N–H and O–H groups in total. The molecule has 0 radical (unpaired) electrons. The number of aromatic hydroxyl groups is 1. The van der Waals surface area contributed by atoms with E-state index in [2.05, 4.69) is 15.5 Å². The Morgan fingerprint density at radius 1 is 0.878 bits per heavy atom. The smallest absolute Gasteiger partial charge is 0.335 e. The minimum atomic E-state index is -0.928. The first-order valence-electron chi connectivity index (χ1n) is 13.1. The van der Waals surface area contributed by atoms with E-state index in [9.17, 15) is 9.90 Å². The van der Waals surface area contributed by atoms with Crippen molar-refractivity contribution in [3.05, 3.63) is 125 Å². The van der Waals surface area contributed by atoms with Gasteiger partial charge in [0.1, 0.15) is 0 Å². The number of thioether (sulfide) groups is 1. The van der Waals surface area contributed by atoms with E-state index in [0.29, 0.717) is 18.8 Å². The van der Waals surface area contributed by atoms with Gasteiger partial charge in [0.15, 0.2) is 5.69 Å². The number of nitrogens with one attached hydrogen (secondary N) is 1. The number of fused-ring (bicyclic) bond motifs is 1. The van der Waals surface area contributed by atoms with Crippen molar-refractivity contribution < 1.29 is 15.0 Å². The average Bonchev–Trinajstić information content (AvgIpc) is 3.25. The Morgan fingerprint density at radius 2 is 1.56 bits per heavy atom. The third-order valence-corrected chi connectivity index (χ3v) is 7.77. The SMILES string of the molecule is O=C(O)c1ccc(CCSc2ccc3c(c2)c(N=NC(=S)NCc2ccccc2)c(O)n3Cc2ccccc2)cc1. The lowest BCUT2D eigenvalue weighted by atomic mass is 10.1. The first-order valence-corrected chi connectivity index (χ1v) is 14.4. The Labute approximate surface area is 247 Å². The Kier molecular flexibility index (Phi) is 9.08. The molecule has 5 rings (SSSR count). The maximum Gasteiger partial charge on any atom is 0.335 e. The Hall–Kier alpha value is -4.47. The van der Waals surface area contributed by atoms with E-state index in [-0.39, 0.29) is 16.6 Å². The van der Waals surface area contributed by atoms with Crippen LogP contribution in [0.25, 0.3) is 10.9 Å². The molecule has 0 bridgehead atoms. The Balaban J connectivity index is 1.36. The van der Waals surface area contributed by atoms with E-state index in [4.69, 9.17) is 17.3 Å². The number of nitrogens with zero attached hydrogens (tertiary/aromatic N) is 3. The number of aryl methyl sites for hydroxylation is 1. The summed E-state index contributed by atoms with van der Waals surface area (Å²) in [5, 5.41) is 33.1. The van der Waals surface area contributed by atoms with Crippen molar-refractivity contribution in [3.63, 3.8) is 0 Å². The Morgan fingerprint density at radius 3 is 2.24 bits per heavy atom. The van der Waals surface area contributed by atoms with Gasteiger partial charge in [-0.2, -0.15) is 0 Å². The molecule has 0 saturated heterocycles. The highest BCUT2D eigenvalue weighted by atomic mass is 32.2. The summed E-state index contributed by atoms with van der Waals surface area (Å²) in [6.07, 6.45) is 0.788. The van der Waals surface area contributed by atoms with E-state index in [0.717, 1.165) is 44.7 Å². The third kappa shape index (κ3) is 7.19. The molecule has 1 aromatic heterocycles. The number of carboxylic acids is 1. The van der Waals surface area contributed by atoms with Crippen molar-refractivity contribution in [2.45, 2.75) is 24.4 Å². The molecule has 0 aliphatic carbocycles. The quantitative estimate of drug-likeness (QED) is 0.0894. The van der Waals surface area contributed by atoms with E-state index in [1.54, 1.807) is 23.9 Å². The Bertz CT molecular complexity index is 1690. The zero-order valence-electron chi connectivity index (χ0n) is 22.1. The molecule has 9 heteroatoms. The molecule has 206 valence electrons. The van der Waals surface area contributed by atoms with Crippen LogP contribution < -0.4 is 5.32 Å². The number of hydrogen-bond acceptors (Lipinski definition) is 5. The molecule has 1 heterocycles. The van der Waals surface area contributed by atoms with Crippen LogP contribution in [0.5, 0.6) is 5.88 Å². The standard InChI is InChI=1S/C32H28N4O3S2/c37-30-29(34-35-32(40)33-20-23-7-3-1-4-8-23)27-19-26(41-18-17-22-11-13-25(14-12-22)31(38)39)15-16-28(27)36(30)21-24-9-5-2-6-10-24/h1-16,19,37H,17-18,20-21H2,(H,33,40)(H,38,39). The van der Waals surface area contributed by atoms with Gasteiger partial charge in [-0.25, -0.2) is 4.79 Å². The molecule has 5 aromatic rings. The molecule has 0 amide bonds. The van der Waals surface area contributed by atoms with E-state index >= 15 is 0 Å². The second-order valence-electron chi connectivity index (χ2n) is 9.37. The second kappa shape index (κ2) is 13.3. The summed E-state index contributed by atoms with van der Waals surface area (Å²) in [6.45, 7) is 1.01. The maximum absolute atomic E-state index is 11.3. The highest BCUT2D eigenvalue weighted by Crippen LogP contribution is 2.41. The summed E-state index contributed by atoms with van der Waals surface area (Å²) in [5.41, 5.74) is 4.69. The molecule has 0 aliphatic heterocycles. The molecule has 0 atom stereocenters. The fourth-order valence-corrected chi connectivity index (χ4v) is 5.47. The van der Waals surface area contributed by atoms with Gasteiger partial charge in [0.2, 0.25) is 11.0 Å². The number of aromatic carboxylic acids is 1. The number of hydrogen-bond donors (Lipinski definition) is 3. The van der Waals surface area contributed by atoms with Crippen LogP contribution in [0.3, 0.4) is 0 Å². The van der Waals surface area contributed by atoms with Gasteiger partial charge in [0, 0.05) is 22.6 Å². The molecule has 0 saturated carbocycles. The van der Waals surface area contributed by atoms with Gasteiger partial charge in [0.25, 0.3) is 0 Å². The lowest BCUT2D eigenvalue weighted by Gasteiger charge is -2.08. The highest BCUT2D eigenvalue weighted by molar-refractivity contribution is 7.99. The van der Waals surface area contributed by atoms with Gasteiger partial charge in [-0.15, -0.1) is 22.0 Å². The number of benzene rings is 4. The number of aromatic nitrogens is 1. The van der Waals surface area contributed by atoms with Gasteiger partial charge in [0.05, 0.1) is 17.6 Å². The number of rotatable bonds is 10. The van der Waals surface area contributed by atoms with Crippen molar-refractivity contribution in [3.8, 4) is 5.88 Å². The number of azo groups is 1. The van der Waals surface area contributed by atoms with Crippen LogP contribution in [0.1, 0.15) is 27.0 Å². The summed E-state index contributed by atoms with van der Waals surface area (Å²) in [4.78, 5) is 12.1. The molecular weight excluding hydrogens is 553 g/mol. The minimum Gasteiger partial charge on any atom is -0.493 e. The molecule has 4 aromatic carbocycles. The summed E-state index contributed by atoms with van der Waals surface area (Å²) < 4.78 is 1.83. The first-order chi connectivity index (χ1) is 20.0. The van der Waals surface area contributed by atoms with Gasteiger partial charge >= 0.3 is 5.97 Å². The van der Waals surface area contributed by atoms with Crippen LogP contribution in [0.4, 0.5) is 5.69 Å². The van der Waals surface area contributed by atoms with Crippen LogP contribution in [-0.2, 0) is 19.5 Å². The fraction of sp³-hybridized carbons (Fsp3) is 0.125. The van der Waals surface area contributed by atoms with Crippen molar-refractivity contribution in [1.82, 2.24) is 9.88 Å². The highest BCUT2D eigenvalue weighted by Gasteiger charge is 2.18. The second-order valence-corrected chi connectivity index (χ2v) is 10.9. The summed E-state index contributed by atoms with van der Waals surface area (Å²) in [6, 6.07) is 32.8. The first kappa shape index (κ1) is 28.1. The zero-order valence-corrected chi connectivity index (χ0v) is 23.7. The predicted octanol–water partition coefficient (Wildman–Crippen LogP) is 7.59. The topological polar surface area (TPSA) is 99.2 Å². The fourth-order valence-electron chi connectivity index (χ4n) is 4.42. The van der Waals surface area contributed by atoms with Gasteiger partial charge < -0.3 is 20.1 Å². The summed E-state index contributed by atoms with van der Waals surface area (Å²) in [7, 11) is 0. The van der Waals surface area contributed by atoms with Crippen LogP contribution in [0.2, 0.25) is 0 Å². The third-order valence-electron chi connectivity index (χ3n) is 6.55. The molecule has 0 unspecified atom stereocenters. The molecule has 0 fully saturated rings. The van der Waals surface area contributed by atoms with Crippen molar-refractivity contribution in [1.29, 1.82) is 0 Å². The number of thiocarbonyl (C=S) groups is 1. The molecule has 0 aliphatic rings. The number of carboxylic acid groups (broad SMARTS) is 1. The minimum absolute atomic E-state index is 0.0270. The predicted molar refractivity (Wildman–Crippen MR) is 167 cm³/mol. The van der Waals surface area contributed by atoms with Crippen molar-refractivity contribution in [2.75, 3.05) is 5.75 Å². The molecule has 0 spiro atoms. The van der Waals surface area contributed by atoms with E-state index < -0.39 is 5.97 Å². The maximum atomic E-state index is 11.3. The van der Waals surface area contributed by atoms with Crippen LogP contribution in [0.15, 0.2) is 118 Å². The molecular formula is C32H28N4O3S2. The van der Waals surface area contributed by atoms with Crippen molar-refractivity contribution in [2.24, 2.45) is 10.2 Å².